The van der Waals surface area contributed by atoms with Crippen LogP contribution in [0, 0.1) is 0 Å². The first-order valence-electron chi connectivity index (χ1n) is 6.21. The highest BCUT2D eigenvalue weighted by Crippen LogP contribution is 2.46. The Morgan fingerprint density at radius 1 is 1.26 bits per heavy atom. The number of nitrogens with zero attached hydrogens (tertiary/aromatic N) is 1. The molecule has 2 N–H and O–H groups in total. The Hall–Kier alpha value is -1.75. The minimum Gasteiger partial charge on any atom is -0.497 e. The van der Waals surface area contributed by atoms with Gasteiger partial charge in [-0.3, -0.25) is 0 Å². The van der Waals surface area contributed by atoms with Gasteiger partial charge in [-0.1, -0.05) is 0 Å². The Morgan fingerprint density at radius 3 is 2.68 bits per heavy atom. The van der Waals surface area contributed by atoms with Gasteiger partial charge >= 0.3 is 0 Å². The second kappa shape index (κ2) is 4.74. The average molecular weight is 276 g/mol. The van der Waals surface area contributed by atoms with Crippen LogP contribution in [0.3, 0.4) is 0 Å². The lowest BCUT2D eigenvalue weighted by atomic mass is 10.1. The summed E-state index contributed by atoms with van der Waals surface area (Å²) in [7, 11) is 3.28. The largest absolute Gasteiger partial charge is 0.497 e. The maximum atomic E-state index is 6.10. The zero-order chi connectivity index (χ0) is 13.4. The van der Waals surface area contributed by atoms with E-state index < -0.39 is 0 Å². The van der Waals surface area contributed by atoms with Crippen LogP contribution in [-0.4, -0.2) is 19.2 Å². The number of hydrogen-bond acceptors (Lipinski definition) is 5. The summed E-state index contributed by atoms with van der Waals surface area (Å²) in [6.45, 7) is 0. The van der Waals surface area contributed by atoms with E-state index in [2.05, 4.69) is 4.98 Å². The quantitative estimate of drug-likeness (QED) is 0.931. The van der Waals surface area contributed by atoms with Crippen molar-refractivity contribution in [3.63, 3.8) is 0 Å². The summed E-state index contributed by atoms with van der Waals surface area (Å²) in [5.41, 5.74) is 7.85. The molecule has 1 aromatic carbocycles. The van der Waals surface area contributed by atoms with Gasteiger partial charge in [-0.05, 0) is 25.0 Å². The summed E-state index contributed by atoms with van der Waals surface area (Å²) in [6.07, 6.45) is 2.46. The highest BCUT2D eigenvalue weighted by Gasteiger charge is 2.28. The molecule has 1 aliphatic carbocycles. The van der Waals surface area contributed by atoms with E-state index in [4.69, 9.17) is 15.2 Å². The first kappa shape index (κ1) is 12.3. The zero-order valence-electron chi connectivity index (χ0n) is 11.0. The molecule has 19 heavy (non-hydrogen) atoms. The lowest BCUT2D eigenvalue weighted by Gasteiger charge is -2.09. The Morgan fingerprint density at radius 2 is 2.05 bits per heavy atom. The van der Waals surface area contributed by atoms with Gasteiger partial charge in [0, 0.05) is 17.5 Å². The van der Waals surface area contributed by atoms with Crippen LogP contribution in [0.2, 0.25) is 0 Å². The Balaban J connectivity index is 2.05. The normalized spacial score (nSPS) is 14.4. The first-order valence-corrected chi connectivity index (χ1v) is 7.03. The number of methoxy groups -OCH3 is 2. The molecule has 1 heterocycles. The molecule has 0 bridgehead atoms. The molecule has 0 spiro atoms. The van der Waals surface area contributed by atoms with Crippen LogP contribution in [0.4, 0.5) is 5.00 Å². The molecule has 0 radical (unpaired) electrons. The van der Waals surface area contributed by atoms with E-state index in [9.17, 15) is 0 Å². The second-order valence-corrected chi connectivity index (χ2v) is 5.67. The predicted molar refractivity (Wildman–Crippen MR) is 77.0 cm³/mol. The third kappa shape index (κ3) is 2.26. The summed E-state index contributed by atoms with van der Waals surface area (Å²) in [5.74, 6) is 2.11. The van der Waals surface area contributed by atoms with E-state index in [1.165, 1.54) is 12.8 Å². The van der Waals surface area contributed by atoms with E-state index in [0.717, 1.165) is 32.8 Å². The van der Waals surface area contributed by atoms with Crippen molar-refractivity contribution in [2.24, 2.45) is 0 Å². The number of nitrogen functional groups attached to an aromatic ring is 1. The molecule has 1 saturated carbocycles. The molecule has 1 fully saturated rings. The SMILES string of the molecule is COc1ccc(-c2nc(C3CC3)sc2N)c(OC)c1. The third-order valence-corrected chi connectivity index (χ3v) is 4.31. The Bertz CT molecular complexity index is 605. The molecule has 5 heteroatoms. The van der Waals surface area contributed by atoms with Gasteiger partial charge in [0.25, 0.3) is 0 Å². The maximum absolute atomic E-state index is 6.10. The number of rotatable bonds is 4. The van der Waals surface area contributed by atoms with Crippen molar-refractivity contribution in [1.82, 2.24) is 4.98 Å². The highest BCUT2D eigenvalue weighted by molar-refractivity contribution is 7.16. The van der Waals surface area contributed by atoms with Crippen LogP contribution in [0.1, 0.15) is 23.8 Å². The van der Waals surface area contributed by atoms with Crippen molar-refractivity contribution >= 4 is 16.3 Å². The van der Waals surface area contributed by atoms with Gasteiger partial charge in [-0.15, -0.1) is 11.3 Å². The van der Waals surface area contributed by atoms with Crippen LogP contribution in [0.25, 0.3) is 11.3 Å². The van der Waals surface area contributed by atoms with Crippen LogP contribution in [0.15, 0.2) is 18.2 Å². The fraction of sp³-hybridized carbons (Fsp3) is 0.357. The summed E-state index contributed by atoms with van der Waals surface area (Å²) >= 11 is 1.59. The fourth-order valence-electron chi connectivity index (χ4n) is 2.04. The smallest absolute Gasteiger partial charge is 0.132 e. The summed E-state index contributed by atoms with van der Waals surface area (Å²) in [5, 5.41) is 1.90. The topological polar surface area (TPSA) is 57.4 Å². The van der Waals surface area contributed by atoms with Gasteiger partial charge in [-0.25, -0.2) is 4.98 Å². The molecule has 1 aliphatic rings. The number of thiazole rings is 1. The van der Waals surface area contributed by atoms with Crippen molar-refractivity contribution in [3.05, 3.63) is 23.2 Å². The predicted octanol–water partition coefficient (Wildman–Crippen LogP) is 3.29. The molecular formula is C14H16N2O2S. The number of aromatic nitrogens is 1. The maximum Gasteiger partial charge on any atom is 0.132 e. The van der Waals surface area contributed by atoms with Crippen LogP contribution >= 0.6 is 11.3 Å². The van der Waals surface area contributed by atoms with Gasteiger partial charge in [0.2, 0.25) is 0 Å². The van der Waals surface area contributed by atoms with Crippen LogP contribution in [-0.2, 0) is 0 Å². The molecule has 0 saturated heterocycles. The zero-order valence-corrected chi connectivity index (χ0v) is 11.8. The first-order chi connectivity index (χ1) is 9.22. The van der Waals surface area contributed by atoms with E-state index in [1.807, 2.05) is 18.2 Å². The van der Waals surface area contributed by atoms with Gasteiger partial charge in [0.05, 0.1) is 19.2 Å². The number of anilines is 1. The lowest BCUT2D eigenvalue weighted by molar-refractivity contribution is 0.395. The Kier molecular flexibility index (Phi) is 3.06. The van der Waals surface area contributed by atoms with Gasteiger partial charge in [-0.2, -0.15) is 0 Å². The lowest BCUT2D eigenvalue weighted by Crippen LogP contribution is -1.93. The third-order valence-electron chi connectivity index (χ3n) is 3.26. The monoisotopic (exact) mass is 276 g/mol. The molecule has 2 aromatic rings. The van der Waals surface area contributed by atoms with Crippen molar-refractivity contribution < 1.29 is 9.47 Å². The molecular weight excluding hydrogens is 260 g/mol. The fourth-order valence-corrected chi connectivity index (χ4v) is 3.06. The minimum absolute atomic E-state index is 0.616. The molecule has 4 nitrogen and oxygen atoms in total. The second-order valence-electron chi connectivity index (χ2n) is 4.61. The van der Waals surface area contributed by atoms with Crippen molar-refractivity contribution in [2.75, 3.05) is 20.0 Å². The molecule has 100 valence electrons. The van der Waals surface area contributed by atoms with Gasteiger partial charge in [0.1, 0.15) is 22.2 Å². The van der Waals surface area contributed by atoms with Crippen LogP contribution < -0.4 is 15.2 Å². The minimum atomic E-state index is 0.616. The van der Waals surface area contributed by atoms with E-state index in [0.29, 0.717) is 5.92 Å². The van der Waals surface area contributed by atoms with Crippen molar-refractivity contribution in [1.29, 1.82) is 0 Å². The average Bonchev–Trinajstić information content (AvgIpc) is 3.21. The summed E-state index contributed by atoms with van der Waals surface area (Å²) in [4.78, 5) is 4.68. The molecule has 1 aromatic heterocycles. The molecule has 0 unspecified atom stereocenters. The van der Waals surface area contributed by atoms with Gasteiger partial charge < -0.3 is 15.2 Å². The molecule has 0 amide bonds. The van der Waals surface area contributed by atoms with Crippen molar-refractivity contribution in [2.45, 2.75) is 18.8 Å². The molecule has 0 atom stereocenters. The number of nitrogens with two attached hydrogens (primary N) is 1. The van der Waals surface area contributed by atoms with Crippen molar-refractivity contribution in [3.8, 4) is 22.8 Å². The summed E-state index contributed by atoms with van der Waals surface area (Å²) < 4.78 is 10.6. The number of ether oxygens (including phenoxy) is 2. The van der Waals surface area contributed by atoms with Gasteiger partial charge in [0.15, 0.2) is 0 Å². The highest BCUT2D eigenvalue weighted by atomic mass is 32.1. The molecule has 0 aliphatic heterocycles. The number of benzene rings is 1. The Labute approximate surface area is 116 Å². The van der Waals surface area contributed by atoms with Crippen LogP contribution in [0.5, 0.6) is 11.5 Å². The van der Waals surface area contributed by atoms with E-state index in [-0.39, 0.29) is 0 Å². The summed E-state index contributed by atoms with van der Waals surface area (Å²) in [6, 6.07) is 5.69. The van der Waals surface area contributed by atoms with E-state index in [1.54, 1.807) is 25.6 Å². The standard InChI is InChI=1S/C14H16N2O2S/c1-17-9-5-6-10(11(7-9)18-2)12-13(15)19-14(16-12)8-3-4-8/h5-8H,3-4,15H2,1-2H3. The van der Waals surface area contributed by atoms with E-state index >= 15 is 0 Å². The molecule has 3 rings (SSSR count). The number of hydrogen-bond donors (Lipinski definition) is 1.